The van der Waals surface area contributed by atoms with Crippen molar-refractivity contribution in [2.75, 3.05) is 0 Å². The molecule has 1 nitrogen and oxygen atoms in total. The normalized spacial score (nSPS) is 8.00. The van der Waals surface area contributed by atoms with Crippen LogP contribution in [-0.4, -0.2) is 4.37 Å². The first-order valence-electron chi connectivity index (χ1n) is 2.91. The van der Waals surface area contributed by atoms with Gasteiger partial charge in [-0.15, -0.1) is 12.6 Å². The minimum atomic E-state index is 0.991. The highest BCUT2D eigenvalue weighted by molar-refractivity contribution is 7.80. The Balaban J connectivity index is 0.000000291. The molecular formula is C6H11NS2. The van der Waals surface area contributed by atoms with E-state index in [2.05, 4.69) is 17.0 Å². The van der Waals surface area contributed by atoms with Gasteiger partial charge in [-0.25, -0.2) is 0 Å². The van der Waals surface area contributed by atoms with Gasteiger partial charge in [0, 0.05) is 9.77 Å². The smallest absolute Gasteiger partial charge is 0.0543 e. The number of hydrogen-bond acceptors (Lipinski definition) is 3. The van der Waals surface area contributed by atoms with E-state index < -0.39 is 0 Å². The van der Waals surface area contributed by atoms with Gasteiger partial charge in [-0.1, -0.05) is 13.8 Å². The summed E-state index contributed by atoms with van der Waals surface area (Å²) in [6, 6.07) is 0. The Morgan fingerprint density at radius 3 is 2.22 bits per heavy atom. The molecule has 0 aliphatic rings. The van der Waals surface area contributed by atoms with E-state index in [-0.39, 0.29) is 0 Å². The molecule has 1 rings (SSSR count). The third-order valence-corrected chi connectivity index (χ3v) is 2.03. The van der Waals surface area contributed by atoms with Crippen LogP contribution < -0.4 is 0 Å². The van der Waals surface area contributed by atoms with Gasteiger partial charge in [0.2, 0.25) is 0 Å². The van der Waals surface area contributed by atoms with E-state index in [1.807, 2.05) is 20.8 Å². The van der Waals surface area contributed by atoms with Crippen molar-refractivity contribution in [2.45, 2.75) is 25.7 Å². The molecule has 52 valence electrons. The van der Waals surface area contributed by atoms with Crippen molar-refractivity contribution in [3.05, 3.63) is 11.1 Å². The van der Waals surface area contributed by atoms with Gasteiger partial charge in [-0.2, -0.15) is 4.37 Å². The van der Waals surface area contributed by atoms with E-state index >= 15 is 0 Å². The van der Waals surface area contributed by atoms with Crippen LogP contribution in [-0.2, 0) is 0 Å². The largest absolute Gasteiger partial charge is 0.200 e. The van der Waals surface area contributed by atoms with Gasteiger partial charge >= 0.3 is 0 Å². The maximum absolute atomic E-state index is 4.10. The van der Waals surface area contributed by atoms with Crippen LogP contribution in [0, 0.1) is 6.92 Å². The lowest BCUT2D eigenvalue weighted by molar-refractivity contribution is 1.38. The Hall–Kier alpha value is -0.0200. The predicted octanol–water partition coefficient (Wildman–Crippen LogP) is 2.77. The highest BCUT2D eigenvalue weighted by Gasteiger charge is 1.90. The van der Waals surface area contributed by atoms with E-state index in [1.165, 1.54) is 16.4 Å². The molecule has 0 fully saturated rings. The molecule has 0 aromatic carbocycles. The lowest BCUT2D eigenvalue weighted by atomic mass is 10.6. The number of hydrogen-bond donors (Lipinski definition) is 1. The van der Waals surface area contributed by atoms with Crippen LogP contribution in [0.5, 0.6) is 0 Å². The van der Waals surface area contributed by atoms with E-state index in [9.17, 15) is 0 Å². The number of nitrogens with zero attached hydrogens (tertiary/aromatic N) is 1. The average Bonchev–Trinajstić information content (AvgIpc) is 2.23. The maximum atomic E-state index is 4.10. The summed E-state index contributed by atoms with van der Waals surface area (Å²) in [6.07, 6.45) is 1.75. The molecule has 0 N–H and O–H groups in total. The molecule has 0 amide bonds. The van der Waals surface area contributed by atoms with Crippen LogP contribution in [0.15, 0.2) is 11.1 Å². The maximum Gasteiger partial charge on any atom is 0.0543 e. The minimum absolute atomic E-state index is 0.991. The Bertz CT molecular complexity index is 143. The fourth-order valence-corrected chi connectivity index (χ4v) is 1.01. The molecule has 0 spiro atoms. The standard InChI is InChI=1S/C4H5NS2.C2H6/c1-3-4(6)2-5-7-3;1-2/h2,6H,1H3;1-2H3. The number of aromatic nitrogens is 1. The molecule has 0 atom stereocenters. The molecule has 0 aliphatic carbocycles. The number of thiol groups is 1. The SMILES string of the molecule is CC.Cc1sncc1S. The lowest BCUT2D eigenvalue weighted by Gasteiger charge is -1.76. The molecule has 0 aliphatic heterocycles. The predicted molar refractivity (Wildman–Crippen MR) is 45.5 cm³/mol. The van der Waals surface area contributed by atoms with Crippen molar-refractivity contribution in [1.82, 2.24) is 4.37 Å². The van der Waals surface area contributed by atoms with Gasteiger partial charge in [0.1, 0.15) is 0 Å². The first-order chi connectivity index (χ1) is 4.30. The Morgan fingerprint density at radius 1 is 1.56 bits per heavy atom. The molecule has 0 saturated heterocycles. The summed E-state index contributed by atoms with van der Waals surface area (Å²) in [5.74, 6) is 0. The van der Waals surface area contributed by atoms with Gasteiger partial charge in [0.25, 0.3) is 0 Å². The third kappa shape index (κ3) is 2.87. The zero-order chi connectivity index (χ0) is 7.28. The Morgan fingerprint density at radius 2 is 2.11 bits per heavy atom. The zero-order valence-electron chi connectivity index (χ0n) is 5.88. The molecule has 0 bridgehead atoms. The number of rotatable bonds is 0. The highest BCUT2D eigenvalue weighted by Crippen LogP contribution is 2.14. The van der Waals surface area contributed by atoms with E-state index in [0.29, 0.717) is 0 Å². The van der Waals surface area contributed by atoms with Gasteiger partial charge in [-0.05, 0) is 18.5 Å². The summed E-state index contributed by atoms with van der Waals surface area (Å²) in [7, 11) is 0. The monoisotopic (exact) mass is 161 g/mol. The summed E-state index contributed by atoms with van der Waals surface area (Å²) in [4.78, 5) is 2.17. The molecule has 1 heterocycles. The molecule has 0 unspecified atom stereocenters. The summed E-state index contributed by atoms with van der Waals surface area (Å²) in [5, 5.41) is 0. The van der Waals surface area contributed by atoms with Crippen LogP contribution in [0.3, 0.4) is 0 Å². The highest BCUT2D eigenvalue weighted by atomic mass is 32.1. The van der Waals surface area contributed by atoms with E-state index in [0.717, 1.165) is 4.90 Å². The van der Waals surface area contributed by atoms with Crippen molar-refractivity contribution in [3.8, 4) is 0 Å². The van der Waals surface area contributed by atoms with Gasteiger partial charge < -0.3 is 0 Å². The van der Waals surface area contributed by atoms with E-state index in [1.54, 1.807) is 6.20 Å². The van der Waals surface area contributed by atoms with Crippen molar-refractivity contribution >= 4 is 24.2 Å². The molecule has 9 heavy (non-hydrogen) atoms. The van der Waals surface area contributed by atoms with Crippen LogP contribution in [0.1, 0.15) is 18.7 Å². The third-order valence-electron chi connectivity index (χ3n) is 0.725. The molecule has 3 heteroatoms. The topological polar surface area (TPSA) is 12.9 Å². The van der Waals surface area contributed by atoms with E-state index in [4.69, 9.17) is 0 Å². The molecule has 1 aromatic rings. The summed E-state index contributed by atoms with van der Waals surface area (Å²) in [6.45, 7) is 6.00. The second kappa shape index (κ2) is 4.82. The summed E-state index contributed by atoms with van der Waals surface area (Å²) in [5.41, 5.74) is 0. The van der Waals surface area contributed by atoms with Crippen molar-refractivity contribution < 1.29 is 0 Å². The molecular weight excluding hydrogens is 150 g/mol. The molecule has 0 radical (unpaired) electrons. The van der Waals surface area contributed by atoms with Crippen LogP contribution >= 0.6 is 24.2 Å². The van der Waals surface area contributed by atoms with Gasteiger partial charge in [-0.3, -0.25) is 0 Å². The van der Waals surface area contributed by atoms with Crippen molar-refractivity contribution in [2.24, 2.45) is 0 Å². The number of aryl methyl sites for hydroxylation is 1. The lowest BCUT2D eigenvalue weighted by Crippen LogP contribution is -1.54. The second-order valence-corrected chi connectivity index (χ2v) is 2.75. The summed E-state index contributed by atoms with van der Waals surface area (Å²) < 4.78 is 3.89. The summed E-state index contributed by atoms with van der Waals surface area (Å²) >= 11 is 5.57. The Kier molecular flexibility index (Phi) is 4.81. The fourth-order valence-electron chi connectivity index (χ4n) is 0.293. The minimum Gasteiger partial charge on any atom is -0.200 e. The van der Waals surface area contributed by atoms with Crippen molar-refractivity contribution in [3.63, 3.8) is 0 Å². The molecule has 0 saturated carbocycles. The quantitative estimate of drug-likeness (QED) is 0.577. The second-order valence-electron chi connectivity index (χ2n) is 1.27. The van der Waals surface area contributed by atoms with Crippen LogP contribution in [0.2, 0.25) is 0 Å². The van der Waals surface area contributed by atoms with Crippen LogP contribution in [0.4, 0.5) is 0 Å². The molecule has 1 aromatic heterocycles. The Labute approximate surface area is 65.7 Å². The first kappa shape index (κ1) is 8.98. The fraction of sp³-hybridized carbons (Fsp3) is 0.500. The van der Waals surface area contributed by atoms with Crippen LogP contribution in [0.25, 0.3) is 0 Å². The average molecular weight is 161 g/mol. The zero-order valence-corrected chi connectivity index (χ0v) is 7.59. The first-order valence-corrected chi connectivity index (χ1v) is 4.13. The van der Waals surface area contributed by atoms with Gasteiger partial charge in [0.05, 0.1) is 6.20 Å². The van der Waals surface area contributed by atoms with Gasteiger partial charge in [0.15, 0.2) is 0 Å². The van der Waals surface area contributed by atoms with Crippen molar-refractivity contribution in [1.29, 1.82) is 0 Å².